The second-order valence-electron chi connectivity index (χ2n) is 11.9. The maximum Gasteiger partial charge on any atom is 0.245 e. The molecule has 34 heavy (non-hydrogen) atoms. The summed E-state index contributed by atoms with van der Waals surface area (Å²) in [6.07, 6.45) is 9.78. The molecule has 1 spiro atoms. The highest BCUT2D eigenvalue weighted by atomic mass is 16.2. The number of rotatable bonds is 4. The summed E-state index contributed by atoms with van der Waals surface area (Å²) in [5.74, 6) is 3.43. The standard InChI is InChI=1S/C27H40N6O/c1-4-23(34)33-15-27(16-33)11-12-32(14-27)26-29-21-8-6-5-7-19(21)25(30-26)24-18(17(2)3)9-10-22-20(24)13-28-31-22/h4,17-18,20,22,24,28,31H,1,5-16H2,2-3H3. The molecule has 7 heteroatoms. The summed E-state index contributed by atoms with van der Waals surface area (Å²) in [5.41, 5.74) is 11.4. The zero-order valence-corrected chi connectivity index (χ0v) is 20.9. The summed E-state index contributed by atoms with van der Waals surface area (Å²) < 4.78 is 0. The van der Waals surface area contributed by atoms with E-state index in [0.29, 0.717) is 29.7 Å². The van der Waals surface area contributed by atoms with Crippen molar-refractivity contribution < 1.29 is 4.79 Å². The number of fused-ring (bicyclic) bond motifs is 2. The minimum absolute atomic E-state index is 0.0572. The van der Waals surface area contributed by atoms with Crippen LogP contribution in [0.4, 0.5) is 5.95 Å². The molecule has 7 nitrogen and oxygen atoms in total. The SMILES string of the molecule is C=CC(=O)N1CC2(CCN(c3nc4c(c(C5C(C(C)C)CCC6NNCC65)n3)CCCC4)C2)C1. The molecule has 2 N–H and O–H groups in total. The molecule has 0 aromatic carbocycles. The molecule has 4 heterocycles. The van der Waals surface area contributed by atoms with Crippen LogP contribution in [0.25, 0.3) is 0 Å². The molecule has 4 atom stereocenters. The summed E-state index contributed by atoms with van der Waals surface area (Å²) in [5, 5.41) is 0. The topological polar surface area (TPSA) is 73.4 Å². The van der Waals surface area contributed by atoms with Crippen molar-refractivity contribution in [3.63, 3.8) is 0 Å². The average Bonchev–Trinajstić information content (AvgIpc) is 3.49. The minimum Gasteiger partial charge on any atom is -0.340 e. The van der Waals surface area contributed by atoms with Crippen LogP contribution >= 0.6 is 0 Å². The molecule has 1 amide bonds. The molecule has 6 rings (SSSR count). The van der Waals surface area contributed by atoms with Gasteiger partial charge in [-0.1, -0.05) is 20.4 Å². The largest absolute Gasteiger partial charge is 0.340 e. The van der Waals surface area contributed by atoms with Gasteiger partial charge in [0.25, 0.3) is 0 Å². The van der Waals surface area contributed by atoms with Crippen LogP contribution in [-0.2, 0) is 17.6 Å². The van der Waals surface area contributed by atoms with E-state index in [-0.39, 0.29) is 11.3 Å². The number of hydrogen-bond acceptors (Lipinski definition) is 6. The van der Waals surface area contributed by atoms with Gasteiger partial charge in [-0.05, 0) is 74.3 Å². The number of aryl methyl sites for hydroxylation is 1. The number of carbonyl (C=O) groups is 1. The van der Waals surface area contributed by atoms with Crippen molar-refractivity contribution in [2.75, 3.05) is 37.6 Å². The van der Waals surface area contributed by atoms with Gasteiger partial charge in [0.1, 0.15) is 0 Å². The summed E-state index contributed by atoms with van der Waals surface area (Å²) in [4.78, 5) is 27.0. The summed E-state index contributed by atoms with van der Waals surface area (Å²) >= 11 is 0. The first-order valence-corrected chi connectivity index (χ1v) is 13.5. The van der Waals surface area contributed by atoms with Crippen molar-refractivity contribution >= 4 is 11.9 Å². The van der Waals surface area contributed by atoms with Gasteiger partial charge in [-0.3, -0.25) is 15.6 Å². The highest BCUT2D eigenvalue weighted by Crippen LogP contribution is 2.48. The van der Waals surface area contributed by atoms with Crippen molar-refractivity contribution in [1.82, 2.24) is 25.7 Å². The first-order valence-electron chi connectivity index (χ1n) is 13.5. The molecular weight excluding hydrogens is 424 g/mol. The Morgan fingerprint density at radius 1 is 1.18 bits per heavy atom. The molecule has 2 aliphatic carbocycles. The highest BCUT2D eigenvalue weighted by Gasteiger charge is 2.50. The third kappa shape index (κ3) is 3.67. The number of hydrogen-bond donors (Lipinski definition) is 2. The summed E-state index contributed by atoms with van der Waals surface area (Å²) in [6, 6.07) is 0.552. The zero-order chi connectivity index (χ0) is 23.4. The lowest BCUT2D eigenvalue weighted by Crippen LogP contribution is -2.59. The van der Waals surface area contributed by atoms with E-state index in [1.54, 1.807) is 0 Å². The molecule has 0 radical (unpaired) electrons. The predicted molar refractivity (Wildman–Crippen MR) is 133 cm³/mol. The maximum absolute atomic E-state index is 12.0. The molecule has 1 saturated carbocycles. The Balaban J connectivity index is 1.33. The quantitative estimate of drug-likeness (QED) is 0.668. The normalized spacial score (nSPS) is 32.0. The van der Waals surface area contributed by atoms with E-state index in [9.17, 15) is 4.79 Å². The fraction of sp³-hybridized carbons (Fsp3) is 0.741. The van der Waals surface area contributed by atoms with Crippen molar-refractivity contribution in [1.29, 1.82) is 0 Å². The highest BCUT2D eigenvalue weighted by molar-refractivity contribution is 5.87. The lowest BCUT2D eigenvalue weighted by Gasteiger charge is -2.47. The molecular formula is C27H40N6O. The molecule has 0 bridgehead atoms. The van der Waals surface area contributed by atoms with E-state index in [1.165, 1.54) is 48.7 Å². The predicted octanol–water partition coefficient (Wildman–Crippen LogP) is 2.82. The van der Waals surface area contributed by atoms with Crippen molar-refractivity contribution in [2.24, 2.45) is 23.2 Å². The van der Waals surface area contributed by atoms with Crippen molar-refractivity contribution in [3.05, 3.63) is 29.6 Å². The van der Waals surface area contributed by atoms with Gasteiger partial charge in [-0.15, -0.1) is 0 Å². The third-order valence-corrected chi connectivity index (χ3v) is 9.51. The monoisotopic (exact) mass is 464 g/mol. The summed E-state index contributed by atoms with van der Waals surface area (Å²) in [7, 11) is 0. The molecule has 184 valence electrons. The van der Waals surface area contributed by atoms with Crippen LogP contribution in [0, 0.1) is 23.2 Å². The van der Waals surface area contributed by atoms with E-state index < -0.39 is 0 Å². The van der Waals surface area contributed by atoms with Gasteiger partial charge < -0.3 is 9.80 Å². The van der Waals surface area contributed by atoms with E-state index in [4.69, 9.17) is 9.97 Å². The Morgan fingerprint density at radius 3 is 2.79 bits per heavy atom. The van der Waals surface area contributed by atoms with E-state index in [1.807, 2.05) is 4.90 Å². The number of hydrazine groups is 1. The van der Waals surface area contributed by atoms with Gasteiger partial charge in [0.05, 0.1) is 5.69 Å². The number of nitrogens with one attached hydrogen (secondary N) is 2. The fourth-order valence-electron chi connectivity index (χ4n) is 7.68. The van der Waals surface area contributed by atoms with Crippen molar-refractivity contribution in [2.45, 2.75) is 70.8 Å². The lowest BCUT2D eigenvalue weighted by molar-refractivity contribution is -0.136. The molecule has 1 aromatic rings. The fourth-order valence-corrected chi connectivity index (χ4v) is 7.68. The average molecular weight is 465 g/mol. The second-order valence-corrected chi connectivity index (χ2v) is 11.9. The minimum atomic E-state index is 0.0572. The number of nitrogens with zero attached hydrogens (tertiary/aromatic N) is 4. The zero-order valence-electron chi connectivity index (χ0n) is 20.9. The van der Waals surface area contributed by atoms with Crippen LogP contribution in [-0.4, -0.2) is 59.5 Å². The number of aromatic nitrogens is 2. The first-order chi connectivity index (χ1) is 16.5. The molecule has 4 fully saturated rings. The van der Waals surface area contributed by atoms with Crippen LogP contribution in [0.3, 0.4) is 0 Å². The lowest BCUT2D eigenvalue weighted by atomic mass is 9.64. The van der Waals surface area contributed by atoms with E-state index in [2.05, 4.69) is 36.2 Å². The summed E-state index contributed by atoms with van der Waals surface area (Å²) in [6.45, 7) is 13.1. The third-order valence-electron chi connectivity index (χ3n) is 9.51. The molecule has 3 saturated heterocycles. The van der Waals surface area contributed by atoms with E-state index in [0.717, 1.165) is 57.9 Å². The Hall–Kier alpha value is -1.99. The number of likely N-dealkylation sites (tertiary alicyclic amines) is 1. The van der Waals surface area contributed by atoms with Crippen LogP contribution in [0.15, 0.2) is 12.7 Å². The van der Waals surface area contributed by atoms with Crippen LogP contribution in [0.2, 0.25) is 0 Å². The molecule has 3 aliphatic heterocycles. The van der Waals surface area contributed by atoms with E-state index >= 15 is 0 Å². The van der Waals surface area contributed by atoms with Gasteiger partial charge >= 0.3 is 0 Å². The Kier molecular flexibility index (Phi) is 5.68. The van der Waals surface area contributed by atoms with Gasteiger partial charge in [0.2, 0.25) is 11.9 Å². The van der Waals surface area contributed by atoms with Gasteiger partial charge in [-0.2, -0.15) is 0 Å². The number of carbonyl (C=O) groups excluding carboxylic acids is 1. The Bertz CT molecular complexity index is 968. The number of amides is 1. The van der Waals surface area contributed by atoms with Gasteiger partial charge in [0, 0.05) is 55.8 Å². The molecule has 5 aliphatic rings. The van der Waals surface area contributed by atoms with Gasteiger partial charge in [0.15, 0.2) is 0 Å². The van der Waals surface area contributed by atoms with Gasteiger partial charge in [-0.25, -0.2) is 9.97 Å². The molecule has 4 unspecified atom stereocenters. The second kappa shape index (κ2) is 8.59. The smallest absolute Gasteiger partial charge is 0.245 e. The van der Waals surface area contributed by atoms with Crippen LogP contribution < -0.4 is 15.8 Å². The Labute approximate surface area is 203 Å². The molecule has 1 aromatic heterocycles. The number of anilines is 1. The Morgan fingerprint density at radius 2 is 2.00 bits per heavy atom. The van der Waals surface area contributed by atoms with Crippen LogP contribution in [0.5, 0.6) is 0 Å². The first kappa shape index (κ1) is 22.5. The maximum atomic E-state index is 12.0. The van der Waals surface area contributed by atoms with Crippen molar-refractivity contribution in [3.8, 4) is 0 Å². The van der Waals surface area contributed by atoms with Crippen LogP contribution in [0.1, 0.15) is 68.8 Å².